The highest BCUT2D eigenvalue weighted by Gasteiger charge is 2.14. The van der Waals surface area contributed by atoms with E-state index in [0.29, 0.717) is 11.3 Å². The number of hydrogen-bond donors (Lipinski definition) is 1. The molecule has 0 aliphatic rings. The van der Waals surface area contributed by atoms with Crippen molar-refractivity contribution in [3.8, 4) is 5.75 Å². The van der Waals surface area contributed by atoms with Gasteiger partial charge in [0.25, 0.3) is 0 Å². The fourth-order valence-corrected chi connectivity index (χ4v) is 2.22. The number of aryl methyl sites for hydroxylation is 1. The minimum atomic E-state index is 0.192. The van der Waals surface area contributed by atoms with E-state index in [2.05, 4.69) is 0 Å². The second-order valence-corrected chi connectivity index (χ2v) is 4.67. The molecule has 0 aliphatic heterocycles. The Labute approximate surface area is 101 Å². The first kappa shape index (κ1) is 11.6. The summed E-state index contributed by atoms with van der Waals surface area (Å²) in [5.41, 5.74) is 2.46. The van der Waals surface area contributed by atoms with Crippen molar-refractivity contribution in [1.82, 2.24) is 0 Å². The molecule has 0 fully saturated rings. The number of rotatable bonds is 2. The molecule has 0 unspecified atom stereocenters. The Morgan fingerprint density at radius 2 is 2.00 bits per heavy atom. The molecular weight excluding hydrogens is 212 g/mol. The van der Waals surface area contributed by atoms with Crippen LogP contribution in [-0.2, 0) is 0 Å². The highest BCUT2D eigenvalue weighted by atomic mass is 16.3. The Hall–Kier alpha value is -1.83. The summed E-state index contributed by atoms with van der Waals surface area (Å²) in [6.45, 7) is 5.96. The van der Waals surface area contributed by atoms with Gasteiger partial charge in [0, 0.05) is 10.9 Å². The Morgan fingerprint density at radius 3 is 2.59 bits per heavy atom. The lowest BCUT2D eigenvalue weighted by atomic mass is 9.92. The zero-order valence-electron chi connectivity index (χ0n) is 10.3. The lowest BCUT2D eigenvalue weighted by Crippen LogP contribution is -1.95. The molecule has 88 valence electrons. The molecule has 2 rings (SSSR count). The Morgan fingerprint density at radius 1 is 1.29 bits per heavy atom. The number of fused-ring (bicyclic) bond motifs is 1. The smallest absolute Gasteiger partial charge is 0.150 e. The summed E-state index contributed by atoms with van der Waals surface area (Å²) in [5, 5.41) is 11.9. The minimum Gasteiger partial charge on any atom is -0.507 e. The summed E-state index contributed by atoms with van der Waals surface area (Å²) in [6.07, 6.45) is 0.854. The second kappa shape index (κ2) is 4.21. The van der Waals surface area contributed by atoms with Crippen LogP contribution in [0.2, 0.25) is 0 Å². The first-order valence-corrected chi connectivity index (χ1v) is 5.76. The number of carbonyl (C=O) groups excluding carboxylic acids is 1. The topological polar surface area (TPSA) is 37.3 Å². The summed E-state index contributed by atoms with van der Waals surface area (Å²) in [6, 6.07) is 7.50. The van der Waals surface area contributed by atoms with Crippen LogP contribution in [0.4, 0.5) is 0 Å². The van der Waals surface area contributed by atoms with Crippen LogP contribution >= 0.6 is 0 Å². The maximum atomic E-state index is 11.1. The first-order chi connectivity index (χ1) is 8.06. The van der Waals surface area contributed by atoms with Gasteiger partial charge in [-0.05, 0) is 35.4 Å². The third-order valence-electron chi connectivity index (χ3n) is 3.15. The van der Waals surface area contributed by atoms with Crippen LogP contribution in [0.25, 0.3) is 10.8 Å². The van der Waals surface area contributed by atoms with E-state index >= 15 is 0 Å². The number of aldehydes is 1. The molecule has 17 heavy (non-hydrogen) atoms. The number of aromatic hydroxyl groups is 1. The third-order valence-corrected chi connectivity index (χ3v) is 3.15. The molecule has 0 saturated heterocycles. The number of hydrogen-bond acceptors (Lipinski definition) is 2. The van der Waals surface area contributed by atoms with Crippen molar-refractivity contribution in [1.29, 1.82) is 0 Å². The van der Waals surface area contributed by atoms with Crippen LogP contribution in [0, 0.1) is 6.92 Å². The SMILES string of the molecule is Cc1cccc2c(C=O)cc(C(C)C)c(O)c12. The minimum absolute atomic E-state index is 0.192. The molecule has 2 aromatic rings. The maximum Gasteiger partial charge on any atom is 0.150 e. The molecule has 1 N–H and O–H groups in total. The predicted molar refractivity (Wildman–Crippen MR) is 69.8 cm³/mol. The summed E-state index contributed by atoms with van der Waals surface area (Å²) in [5.74, 6) is 0.497. The lowest BCUT2D eigenvalue weighted by molar-refractivity contribution is 0.112. The van der Waals surface area contributed by atoms with E-state index < -0.39 is 0 Å². The van der Waals surface area contributed by atoms with Gasteiger partial charge in [-0.25, -0.2) is 0 Å². The van der Waals surface area contributed by atoms with Crippen LogP contribution < -0.4 is 0 Å². The van der Waals surface area contributed by atoms with Crippen molar-refractivity contribution >= 4 is 17.1 Å². The van der Waals surface area contributed by atoms with E-state index in [4.69, 9.17) is 0 Å². The molecule has 0 spiro atoms. The van der Waals surface area contributed by atoms with E-state index in [-0.39, 0.29) is 5.92 Å². The number of phenolic OH excluding ortho intramolecular Hbond substituents is 1. The molecule has 0 bridgehead atoms. The van der Waals surface area contributed by atoms with Gasteiger partial charge in [-0.3, -0.25) is 4.79 Å². The molecular formula is C15H16O2. The number of benzene rings is 2. The van der Waals surface area contributed by atoms with Gasteiger partial charge < -0.3 is 5.11 Å². The van der Waals surface area contributed by atoms with E-state index in [1.807, 2.05) is 39.0 Å². The molecule has 2 aromatic carbocycles. The highest BCUT2D eigenvalue weighted by Crippen LogP contribution is 2.36. The Balaban J connectivity index is 2.96. The van der Waals surface area contributed by atoms with Crippen LogP contribution in [0.15, 0.2) is 24.3 Å². The van der Waals surface area contributed by atoms with Gasteiger partial charge >= 0.3 is 0 Å². The van der Waals surface area contributed by atoms with Crippen molar-refractivity contribution in [2.45, 2.75) is 26.7 Å². The standard InChI is InChI=1S/C15H16O2/c1-9(2)13-7-11(8-16)12-6-4-5-10(3)14(12)15(13)17/h4-9,17H,1-3H3. The van der Waals surface area contributed by atoms with E-state index in [0.717, 1.165) is 28.2 Å². The van der Waals surface area contributed by atoms with Gasteiger partial charge in [0.15, 0.2) is 6.29 Å². The van der Waals surface area contributed by atoms with E-state index in [1.165, 1.54) is 0 Å². The Kier molecular flexibility index (Phi) is 2.88. The van der Waals surface area contributed by atoms with Crippen LogP contribution in [-0.4, -0.2) is 11.4 Å². The monoisotopic (exact) mass is 228 g/mol. The summed E-state index contributed by atoms with van der Waals surface area (Å²) < 4.78 is 0. The van der Waals surface area contributed by atoms with Crippen molar-refractivity contribution in [3.63, 3.8) is 0 Å². The molecule has 0 aliphatic carbocycles. The second-order valence-electron chi connectivity index (χ2n) is 4.67. The van der Waals surface area contributed by atoms with E-state index in [1.54, 1.807) is 6.07 Å². The number of carbonyl (C=O) groups is 1. The van der Waals surface area contributed by atoms with E-state index in [9.17, 15) is 9.90 Å². The third kappa shape index (κ3) is 1.80. The predicted octanol–water partition coefficient (Wildman–Crippen LogP) is 3.79. The average Bonchev–Trinajstić information content (AvgIpc) is 2.29. The van der Waals surface area contributed by atoms with Gasteiger partial charge in [0.2, 0.25) is 0 Å². The molecule has 2 nitrogen and oxygen atoms in total. The van der Waals surface area contributed by atoms with Crippen molar-refractivity contribution < 1.29 is 9.90 Å². The quantitative estimate of drug-likeness (QED) is 0.794. The molecule has 0 heterocycles. The number of phenols is 1. The first-order valence-electron chi connectivity index (χ1n) is 5.76. The molecule has 0 radical (unpaired) electrons. The fourth-order valence-electron chi connectivity index (χ4n) is 2.22. The van der Waals surface area contributed by atoms with Crippen molar-refractivity contribution in [2.75, 3.05) is 0 Å². The summed E-state index contributed by atoms with van der Waals surface area (Å²) in [4.78, 5) is 11.1. The normalized spacial score (nSPS) is 11.1. The lowest BCUT2D eigenvalue weighted by Gasteiger charge is -2.14. The van der Waals surface area contributed by atoms with Gasteiger partial charge in [-0.15, -0.1) is 0 Å². The average molecular weight is 228 g/mol. The molecule has 2 heteroatoms. The largest absolute Gasteiger partial charge is 0.507 e. The Bertz CT molecular complexity index is 583. The maximum absolute atomic E-state index is 11.1. The molecule has 0 amide bonds. The zero-order chi connectivity index (χ0) is 12.6. The molecule has 0 atom stereocenters. The molecule has 0 aromatic heterocycles. The van der Waals surface area contributed by atoms with Crippen LogP contribution in [0.3, 0.4) is 0 Å². The zero-order valence-corrected chi connectivity index (χ0v) is 10.3. The molecule has 0 saturated carbocycles. The van der Waals surface area contributed by atoms with Gasteiger partial charge in [-0.1, -0.05) is 32.0 Å². The van der Waals surface area contributed by atoms with Gasteiger partial charge in [0.1, 0.15) is 5.75 Å². The summed E-state index contributed by atoms with van der Waals surface area (Å²) >= 11 is 0. The van der Waals surface area contributed by atoms with Crippen LogP contribution in [0.1, 0.15) is 41.3 Å². The van der Waals surface area contributed by atoms with Gasteiger partial charge in [0.05, 0.1) is 0 Å². The highest BCUT2D eigenvalue weighted by molar-refractivity contribution is 6.03. The van der Waals surface area contributed by atoms with Gasteiger partial charge in [-0.2, -0.15) is 0 Å². The summed E-state index contributed by atoms with van der Waals surface area (Å²) in [7, 11) is 0. The van der Waals surface area contributed by atoms with Crippen molar-refractivity contribution in [2.24, 2.45) is 0 Å². The van der Waals surface area contributed by atoms with Crippen LogP contribution in [0.5, 0.6) is 5.75 Å². The fraction of sp³-hybridized carbons (Fsp3) is 0.267. The van der Waals surface area contributed by atoms with Crippen molar-refractivity contribution in [3.05, 3.63) is 41.0 Å².